The Morgan fingerprint density at radius 2 is 1.62 bits per heavy atom. The molecule has 128 valence electrons. The lowest BCUT2D eigenvalue weighted by atomic mass is 9.82. The van der Waals surface area contributed by atoms with Crippen molar-refractivity contribution in [2.24, 2.45) is 0 Å². The van der Waals surface area contributed by atoms with Gasteiger partial charge in [0.15, 0.2) is 0 Å². The Morgan fingerprint density at radius 1 is 0.917 bits per heavy atom. The molecule has 0 amide bonds. The number of hydrogen-bond acceptors (Lipinski definition) is 5. The molecule has 0 aliphatic rings. The van der Waals surface area contributed by atoms with Crippen LogP contribution in [0.3, 0.4) is 0 Å². The Bertz CT molecular complexity index is 565. The molecule has 2 aromatic carbocycles. The van der Waals surface area contributed by atoms with Gasteiger partial charge in [0.05, 0.1) is 6.61 Å². The van der Waals surface area contributed by atoms with Crippen LogP contribution >= 0.6 is 0 Å². The van der Waals surface area contributed by atoms with Crippen LogP contribution in [0.5, 0.6) is 11.5 Å². The molecule has 0 saturated heterocycles. The van der Waals surface area contributed by atoms with Crippen molar-refractivity contribution in [3.63, 3.8) is 0 Å². The molecular weight excluding hydrogens is 305 g/mol. The lowest BCUT2D eigenvalue weighted by Gasteiger charge is -2.09. The Kier molecular flexibility index (Phi) is 8.34. The van der Waals surface area contributed by atoms with Gasteiger partial charge in [-0.25, -0.2) is 0 Å². The first-order valence-corrected chi connectivity index (χ1v) is 8.21. The number of ether oxygens (including phenoxy) is 1. The molecule has 0 atom stereocenters. The maximum atomic E-state index is 9.79. The Balaban J connectivity index is 1.68. The van der Waals surface area contributed by atoms with Gasteiger partial charge in [-0.15, -0.1) is 0 Å². The molecule has 0 aliphatic heterocycles. The van der Waals surface area contributed by atoms with Gasteiger partial charge in [-0.05, 0) is 42.6 Å². The third kappa shape index (κ3) is 7.15. The second kappa shape index (κ2) is 10.8. The Hall–Kier alpha value is -1.86. The van der Waals surface area contributed by atoms with Gasteiger partial charge in [0.2, 0.25) is 0 Å². The zero-order valence-electron chi connectivity index (χ0n) is 13.7. The van der Waals surface area contributed by atoms with E-state index in [0.717, 1.165) is 23.5 Å². The fourth-order valence-electron chi connectivity index (χ4n) is 2.19. The normalized spacial score (nSPS) is 10.6. The minimum absolute atomic E-state index is 0.104. The third-order valence-corrected chi connectivity index (χ3v) is 3.46. The molecule has 0 aliphatic carbocycles. The first kappa shape index (κ1) is 18.5. The van der Waals surface area contributed by atoms with Crippen LogP contribution < -0.4 is 10.1 Å². The highest BCUT2D eigenvalue weighted by atomic mass is 16.5. The molecule has 5 nitrogen and oxygen atoms in total. The largest absolute Gasteiger partial charge is 0.457 e. The number of aryl methyl sites for hydroxylation is 1. The van der Waals surface area contributed by atoms with Gasteiger partial charge in [-0.1, -0.05) is 30.3 Å². The van der Waals surface area contributed by atoms with E-state index in [1.54, 1.807) is 0 Å². The van der Waals surface area contributed by atoms with Gasteiger partial charge >= 0.3 is 7.12 Å². The van der Waals surface area contributed by atoms with E-state index in [2.05, 4.69) is 5.32 Å². The molecule has 24 heavy (non-hydrogen) atoms. The summed E-state index contributed by atoms with van der Waals surface area (Å²) in [6, 6.07) is 17.5. The van der Waals surface area contributed by atoms with Crippen LogP contribution in [0.25, 0.3) is 0 Å². The third-order valence-electron chi connectivity index (χ3n) is 3.46. The van der Waals surface area contributed by atoms with E-state index >= 15 is 0 Å². The molecule has 0 bridgehead atoms. The number of aliphatic hydroxyl groups is 1. The predicted molar refractivity (Wildman–Crippen MR) is 95.3 cm³/mol. The number of para-hydroxylation sites is 1. The van der Waals surface area contributed by atoms with Crippen molar-refractivity contribution in [1.29, 1.82) is 0 Å². The summed E-state index contributed by atoms with van der Waals surface area (Å²) >= 11 is 0. The molecule has 6 heteroatoms. The molecule has 0 fully saturated rings. The van der Waals surface area contributed by atoms with Gasteiger partial charge in [0.1, 0.15) is 11.5 Å². The molecule has 0 heterocycles. The van der Waals surface area contributed by atoms with E-state index in [9.17, 15) is 5.02 Å². The Labute approximate surface area is 143 Å². The lowest BCUT2D eigenvalue weighted by molar-refractivity contribution is 0.247. The monoisotopic (exact) mass is 329 g/mol. The highest BCUT2D eigenvalue weighted by molar-refractivity contribution is 6.42. The van der Waals surface area contributed by atoms with Crippen molar-refractivity contribution < 1.29 is 19.5 Å². The fraction of sp³-hybridized carbons (Fsp3) is 0.333. The van der Waals surface area contributed by atoms with Crippen molar-refractivity contribution in [3.8, 4) is 11.5 Å². The maximum absolute atomic E-state index is 9.79. The van der Waals surface area contributed by atoms with E-state index < -0.39 is 7.12 Å². The number of nitrogens with one attached hydrogen (secondary N) is 1. The molecule has 0 radical (unpaired) electrons. The highest BCUT2D eigenvalue weighted by Crippen LogP contribution is 2.21. The summed E-state index contributed by atoms with van der Waals surface area (Å²) in [5.74, 6) is 1.60. The van der Waals surface area contributed by atoms with Crippen molar-refractivity contribution in [2.75, 3.05) is 26.3 Å². The molecule has 0 spiro atoms. The highest BCUT2D eigenvalue weighted by Gasteiger charge is 2.12. The molecule has 0 aromatic heterocycles. The molecule has 0 unspecified atom stereocenters. The molecule has 2 rings (SSSR count). The number of benzene rings is 2. The van der Waals surface area contributed by atoms with E-state index in [1.807, 2.05) is 54.6 Å². The van der Waals surface area contributed by atoms with Crippen molar-refractivity contribution in [3.05, 3.63) is 60.2 Å². The van der Waals surface area contributed by atoms with Crippen LogP contribution in [0.15, 0.2) is 54.6 Å². The van der Waals surface area contributed by atoms with Crippen LogP contribution in [-0.2, 0) is 11.1 Å². The second-order valence-corrected chi connectivity index (χ2v) is 5.40. The first-order chi connectivity index (χ1) is 11.8. The summed E-state index contributed by atoms with van der Waals surface area (Å²) in [6.45, 7) is 1.68. The summed E-state index contributed by atoms with van der Waals surface area (Å²) in [7, 11) is -0.777. The van der Waals surface area contributed by atoms with Gasteiger partial charge in [0.25, 0.3) is 0 Å². The minimum atomic E-state index is -0.777. The topological polar surface area (TPSA) is 71.0 Å². The van der Waals surface area contributed by atoms with Crippen LogP contribution in [0.1, 0.15) is 5.56 Å². The van der Waals surface area contributed by atoms with Crippen LogP contribution in [0.4, 0.5) is 0 Å². The zero-order valence-corrected chi connectivity index (χ0v) is 13.7. The molecular formula is C18H24BNO4. The van der Waals surface area contributed by atoms with Crippen LogP contribution in [0, 0.1) is 0 Å². The molecule has 2 aromatic rings. The standard InChI is InChI=1S/C18H24BNO4/c21-14-12-20-13-15-23-19(22)11-10-16-6-8-18(9-7-16)24-17-4-2-1-3-5-17/h1-9,20-22H,10-15H2. The SMILES string of the molecule is OCCNCCOB(O)CCc1ccc(Oc2ccccc2)cc1. The number of rotatable bonds is 11. The molecule has 0 saturated carbocycles. The van der Waals surface area contributed by atoms with Crippen molar-refractivity contribution >= 4 is 7.12 Å². The first-order valence-electron chi connectivity index (χ1n) is 8.21. The number of hydrogen-bond donors (Lipinski definition) is 3. The van der Waals surface area contributed by atoms with E-state index in [0.29, 0.717) is 26.0 Å². The van der Waals surface area contributed by atoms with E-state index in [-0.39, 0.29) is 6.61 Å². The van der Waals surface area contributed by atoms with Crippen molar-refractivity contribution in [1.82, 2.24) is 5.32 Å². The Morgan fingerprint density at radius 3 is 2.33 bits per heavy atom. The smallest absolute Gasteiger partial charge is 0.454 e. The summed E-state index contributed by atoms with van der Waals surface area (Å²) in [5.41, 5.74) is 1.12. The second-order valence-electron chi connectivity index (χ2n) is 5.40. The maximum Gasteiger partial charge on any atom is 0.454 e. The average molecular weight is 329 g/mol. The lowest BCUT2D eigenvalue weighted by Crippen LogP contribution is -2.27. The quantitative estimate of drug-likeness (QED) is 0.435. The van der Waals surface area contributed by atoms with Gasteiger partial charge in [-0.3, -0.25) is 0 Å². The number of aliphatic hydroxyl groups excluding tert-OH is 1. The van der Waals surface area contributed by atoms with Crippen molar-refractivity contribution in [2.45, 2.75) is 12.7 Å². The van der Waals surface area contributed by atoms with Gasteiger partial charge in [-0.2, -0.15) is 0 Å². The van der Waals surface area contributed by atoms with Crippen LogP contribution in [-0.4, -0.2) is 43.6 Å². The fourth-order valence-corrected chi connectivity index (χ4v) is 2.19. The van der Waals surface area contributed by atoms with Crippen LogP contribution in [0.2, 0.25) is 6.32 Å². The zero-order chi connectivity index (χ0) is 17.0. The average Bonchev–Trinajstić information content (AvgIpc) is 2.62. The summed E-state index contributed by atoms with van der Waals surface area (Å²) in [6.07, 6.45) is 1.27. The van der Waals surface area contributed by atoms with Gasteiger partial charge in [0, 0.05) is 19.7 Å². The molecule has 3 N–H and O–H groups in total. The summed E-state index contributed by atoms with van der Waals surface area (Å²) in [4.78, 5) is 0. The minimum Gasteiger partial charge on any atom is -0.457 e. The predicted octanol–water partition coefficient (Wildman–Crippen LogP) is 2.10. The van der Waals surface area contributed by atoms with Gasteiger partial charge < -0.3 is 24.8 Å². The summed E-state index contributed by atoms with van der Waals surface area (Å²) in [5, 5.41) is 21.4. The summed E-state index contributed by atoms with van der Waals surface area (Å²) < 4.78 is 11.0. The van der Waals surface area contributed by atoms with E-state index in [4.69, 9.17) is 14.5 Å². The van der Waals surface area contributed by atoms with E-state index in [1.165, 1.54) is 0 Å².